The predicted octanol–water partition coefficient (Wildman–Crippen LogP) is 6.80. The fraction of sp³-hybridized carbons (Fsp3) is 0.114. The average molecular weight is 577 g/mol. The number of rotatable bonds is 7. The van der Waals surface area contributed by atoms with Gasteiger partial charge in [0.25, 0.3) is 0 Å². The first-order valence-corrected chi connectivity index (χ1v) is 14.7. The highest BCUT2D eigenvalue weighted by Crippen LogP contribution is 2.34. The van der Waals surface area contributed by atoms with Gasteiger partial charge in [0.15, 0.2) is 0 Å². The Morgan fingerprint density at radius 2 is 1.77 bits per heavy atom. The van der Waals surface area contributed by atoms with Gasteiger partial charge in [-0.1, -0.05) is 48.5 Å². The van der Waals surface area contributed by atoms with Crippen LogP contribution in [-0.4, -0.2) is 41.8 Å². The molecule has 2 N–H and O–H groups in total. The van der Waals surface area contributed by atoms with E-state index in [9.17, 15) is 4.79 Å². The number of carbonyl (C=O) groups excluding carboxylic acids is 1. The summed E-state index contributed by atoms with van der Waals surface area (Å²) < 4.78 is 2.05. The van der Waals surface area contributed by atoms with Crippen molar-refractivity contribution < 1.29 is 4.79 Å². The highest BCUT2D eigenvalue weighted by atomic mass is 16.2. The molecule has 214 valence electrons. The second kappa shape index (κ2) is 10.8. The number of imidazole rings is 2. The first-order chi connectivity index (χ1) is 21.7. The summed E-state index contributed by atoms with van der Waals surface area (Å²) in [6.07, 6.45) is 5.95. The van der Waals surface area contributed by atoms with Crippen molar-refractivity contribution in [1.82, 2.24) is 29.3 Å². The highest BCUT2D eigenvalue weighted by Gasteiger charge is 2.22. The molecular formula is C35H28N8O. The standard InChI is InChI=1S/C35H28N8O/c44-32-13-7-19-42(32)26-11-6-10-25(22-26)37-35-36-17-16-28(40-35)34-33(41-31-12-4-5-18-43(31)34)24-14-15-27-29(21-24)39-30(38-27)20-23-8-2-1-3-9-23/h1-6,8-12,14-18,21-22H,7,13,19-20H2,(H,38,39)(H,36,37,40). The molecule has 0 saturated carbocycles. The van der Waals surface area contributed by atoms with Gasteiger partial charge in [0.05, 0.1) is 28.1 Å². The molecular weight excluding hydrogens is 548 g/mol. The van der Waals surface area contributed by atoms with Gasteiger partial charge in [-0.25, -0.2) is 19.9 Å². The molecule has 1 aliphatic heterocycles. The molecule has 1 saturated heterocycles. The first-order valence-electron chi connectivity index (χ1n) is 14.7. The molecule has 44 heavy (non-hydrogen) atoms. The zero-order valence-electron chi connectivity index (χ0n) is 23.8. The van der Waals surface area contributed by atoms with Crippen molar-refractivity contribution in [2.24, 2.45) is 0 Å². The molecule has 9 heteroatoms. The third kappa shape index (κ3) is 4.84. The number of carbonyl (C=O) groups is 1. The number of anilines is 3. The molecule has 4 aromatic heterocycles. The van der Waals surface area contributed by atoms with E-state index in [0.717, 1.165) is 75.9 Å². The lowest BCUT2D eigenvalue weighted by atomic mass is 10.1. The van der Waals surface area contributed by atoms with E-state index in [2.05, 4.69) is 44.0 Å². The Bertz CT molecular complexity index is 2150. The Balaban J connectivity index is 1.15. The van der Waals surface area contributed by atoms with E-state index in [1.54, 1.807) is 6.20 Å². The van der Waals surface area contributed by atoms with Crippen LogP contribution in [0.25, 0.3) is 39.3 Å². The van der Waals surface area contributed by atoms with Crippen LogP contribution in [-0.2, 0) is 11.2 Å². The third-order valence-electron chi connectivity index (χ3n) is 7.93. The van der Waals surface area contributed by atoms with Gasteiger partial charge in [-0.2, -0.15) is 0 Å². The van der Waals surface area contributed by atoms with Crippen LogP contribution in [0.1, 0.15) is 24.2 Å². The summed E-state index contributed by atoms with van der Waals surface area (Å²) in [5.74, 6) is 1.53. The topological polar surface area (TPSA) is 104 Å². The second-order valence-electron chi connectivity index (χ2n) is 10.9. The number of benzene rings is 3. The molecule has 3 aromatic carbocycles. The minimum absolute atomic E-state index is 0.154. The van der Waals surface area contributed by atoms with Gasteiger partial charge in [0.1, 0.15) is 11.5 Å². The average Bonchev–Trinajstić information content (AvgIpc) is 3.77. The van der Waals surface area contributed by atoms with Crippen molar-refractivity contribution in [3.63, 3.8) is 0 Å². The van der Waals surface area contributed by atoms with Crippen LogP contribution in [0.5, 0.6) is 0 Å². The van der Waals surface area contributed by atoms with Crippen molar-refractivity contribution in [3.8, 4) is 22.6 Å². The van der Waals surface area contributed by atoms with Crippen LogP contribution >= 0.6 is 0 Å². The molecule has 1 fully saturated rings. The number of hydrogen-bond donors (Lipinski definition) is 2. The molecule has 0 aliphatic carbocycles. The summed E-state index contributed by atoms with van der Waals surface area (Å²) in [5.41, 5.74) is 8.96. The van der Waals surface area contributed by atoms with E-state index in [-0.39, 0.29) is 5.91 Å². The number of hydrogen-bond acceptors (Lipinski definition) is 6. The number of nitrogens with zero attached hydrogens (tertiary/aromatic N) is 6. The Morgan fingerprint density at radius 1 is 0.864 bits per heavy atom. The predicted molar refractivity (Wildman–Crippen MR) is 172 cm³/mol. The monoisotopic (exact) mass is 576 g/mol. The molecule has 1 aliphatic rings. The highest BCUT2D eigenvalue weighted by molar-refractivity contribution is 5.95. The van der Waals surface area contributed by atoms with Gasteiger partial charge < -0.3 is 15.2 Å². The number of aromatic nitrogens is 6. The molecule has 9 nitrogen and oxygen atoms in total. The fourth-order valence-corrected chi connectivity index (χ4v) is 5.88. The lowest BCUT2D eigenvalue weighted by molar-refractivity contribution is -0.117. The summed E-state index contributed by atoms with van der Waals surface area (Å²) >= 11 is 0. The van der Waals surface area contributed by atoms with Crippen LogP contribution in [0.15, 0.2) is 109 Å². The smallest absolute Gasteiger partial charge is 0.227 e. The molecule has 0 bridgehead atoms. The quantitative estimate of drug-likeness (QED) is 0.216. The SMILES string of the molecule is O=C1CCCN1c1cccc(Nc2nccc(-c3c(-c4ccc5nc(Cc6ccccc6)[nH]c5c4)nc4ccccn34)n2)c1. The van der Waals surface area contributed by atoms with Crippen LogP contribution in [0.4, 0.5) is 17.3 Å². The van der Waals surface area contributed by atoms with Crippen molar-refractivity contribution in [1.29, 1.82) is 0 Å². The van der Waals surface area contributed by atoms with Crippen molar-refractivity contribution in [3.05, 3.63) is 121 Å². The van der Waals surface area contributed by atoms with E-state index in [1.807, 2.05) is 83.9 Å². The maximum atomic E-state index is 12.3. The summed E-state index contributed by atoms with van der Waals surface area (Å²) in [7, 11) is 0. The summed E-state index contributed by atoms with van der Waals surface area (Å²) in [4.78, 5) is 36.9. The van der Waals surface area contributed by atoms with Gasteiger partial charge in [-0.15, -0.1) is 0 Å². The number of nitrogens with one attached hydrogen (secondary N) is 2. The zero-order chi connectivity index (χ0) is 29.5. The van der Waals surface area contributed by atoms with E-state index < -0.39 is 0 Å². The van der Waals surface area contributed by atoms with Gasteiger partial charge >= 0.3 is 0 Å². The second-order valence-corrected chi connectivity index (χ2v) is 10.9. The minimum Gasteiger partial charge on any atom is -0.342 e. The summed E-state index contributed by atoms with van der Waals surface area (Å²) in [6.45, 7) is 0.740. The molecule has 0 atom stereocenters. The largest absolute Gasteiger partial charge is 0.342 e. The van der Waals surface area contributed by atoms with Crippen LogP contribution in [0.2, 0.25) is 0 Å². The number of fused-ring (bicyclic) bond motifs is 2. The fourth-order valence-electron chi connectivity index (χ4n) is 5.88. The Labute approximate surface area is 253 Å². The number of amides is 1. The molecule has 0 radical (unpaired) electrons. The third-order valence-corrected chi connectivity index (χ3v) is 7.93. The van der Waals surface area contributed by atoms with E-state index in [0.29, 0.717) is 12.4 Å². The molecule has 0 spiro atoms. The van der Waals surface area contributed by atoms with Crippen molar-refractivity contribution in [2.45, 2.75) is 19.3 Å². The number of H-pyrrole nitrogens is 1. The molecule has 5 heterocycles. The van der Waals surface area contributed by atoms with Gasteiger partial charge in [0, 0.05) is 48.7 Å². The van der Waals surface area contributed by atoms with Crippen LogP contribution < -0.4 is 10.2 Å². The van der Waals surface area contributed by atoms with E-state index >= 15 is 0 Å². The van der Waals surface area contributed by atoms with Gasteiger partial charge in [0.2, 0.25) is 11.9 Å². The van der Waals surface area contributed by atoms with Crippen LogP contribution in [0.3, 0.4) is 0 Å². The lowest BCUT2D eigenvalue weighted by Crippen LogP contribution is -2.23. The lowest BCUT2D eigenvalue weighted by Gasteiger charge is -2.17. The minimum atomic E-state index is 0.154. The van der Waals surface area contributed by atoms with Gasteiger partial charge in [-0.3, -0.25) is 9.20 Å². The molecule has 0 unspecified atom stereocenters. The number of pyridine rings is 1. The maximum Gasteiger partial charge on any atom is 0.227 e. The van der Waals surface area contributed by atoms with E-state index in [4.69, 9.17) is 15.0 Å². The van der Waals surface area contributed by atoms with Crippen LogP contribution in [0, 0.1) is 0 Å². The molecule has 7 aromatic rings. The first kappa shape index (κ1) is 25.8. The normalized spacial score (nSPS) is 13.3. The Hall–Kier alpha value is -5.83. The molecule has 8 rings (SSSR count). The molecule has 1 amide bonds. The Kier molecular flexibility index (Phi) is 6.33. The van der Waals surface area contributed by atoms with E-state index in [1.165, 1.54) is 5.56 Å². The maximum absolute atomic E-state index is 12.3. The van der Waals surface area contributed by atoms with Crippen molar-refractivity contribution in [2.75, 3.05) is 16.8 Å². The zero-order valence-corrected chi connectivity index (χ0v) is 23.8. The van der Waals surface area contributed by atoms with Crippen molar-refractivity contribution >= 4 is 39.9 Å². The number of aromatic amines is 1. The summed E-state index contributed by atoms with van der Waals surface area (Å²) in [5, 5.41) is 3.34. The Morgan fingerprint density at radius 3 is 2.66 bits per heavy atom. The summed E-state index contributed by atoms with van der Waals surface area (Å²) in [6, 6.07) is 32.2. The van der Waals surface area contributed by atoms with Gasteiger partial charge in [-0.05, 0) is 60.5 Å².